The van der Waals surface area contributed by atoms with Gasteiger partial charge in [-0.05, 0) is 55.2 Å². The number of halogens is 2. The van der Waals surface area contributed by atoms with Crippen LogP contribution in [0.15, 0.2) is 53.7 Å². The largest absolute Gasteiger partial charge is 0.462 e. The Balaban J connectivity index is 1.87. The first-order chi connectivity index (χ1) is 17.1. The molecule has 0 saturated heterocycles. The smallest absolute Gasteiger partial charge is 0.338 e. The summed E-state index contributed by atoms with van der Waals surface area (Å²) >= 11 is 12.0. The average Bonchev–Trinajstić information content (AvgIpc) is 2.82. The number of urea groups is 2. The quantitative estimate of drug-likeness (QED) is 0.334. The molecular formula is C26H30Cl2N4O4. The summed E-state index contributed by atoms with van der Waals surface area (Å²) < 4.78 is 5.53. The maximum atomic E-state index is 13.1. The number of nitrogens with one attached hydrogen (secondary N) is 3. The second-order valence-corrected chi connectivity index (χ2v) is 9.70. The lowest BCUT2D eigenvalue weighted by Crippen LogP contribution is -2.48. The van der Waals surface area contributed by atoms with Crippen molar-refractivity contribution in [2.24, 2.45) is 5.92 Å². The van der Waals surface area contributed by atoms with E-state index in [1.807, 2.05) is 20.8 Å². The van der Waals surface area contributed by atoms with Crippen molar-refractivity contribution in [3.05, 3.63) is 69.3 Å². The molecule has 1 aliphatic rings. The van der Waals surface area contributed by atoms with Gasteiger partial charge in [-0.3, -0.25) is 4.90 Å². The molecular weight excluding hydrogens is 503 g/mol. The third-order valence-electron chi connectivity index (χ3n) is 5.47. The van der Waals surface area contributed by atoms with Crippen molar-refractivity contribution in [2.45, 2.75) is 40.2 Å². The summed E-state index contributed by atoms with van der Waals surface area (Å²) in [5.74, 6) is -0.320. The van der Waals surface area contributed by atoms with Crippen molar-refractivity contribution >= 4 is 52.6 Å². The van der Waals surface area contributed by atoms with E-state index in [2.05, 4.69) is 16.0 Å². The van der Waals surface area contributed by atoms with Gasteiger partial charge in [0.15, 0.2) is 0 Å². The summed E-state index contributed by atoms with van der Waals surface area (Å²) in [6, 6.07) is 10.1. The number of hydrogen-bond donors (Lipinski definition) is 3. The summed E-state index contributed by atoms with van der Waals surface area (Å²) in [7, 11) is 0. The third kappa shape index (κ3) is 6.71. The fraction of sp³-hybridized carbons (Fsp3) is 0.346. The van der Waals surface area contributed by atoms with Gasteiger partial charge in [0.25, 0.3) is 0 Å². The predicted octanol–water partition coefficient (Wildman–Crippen LogP) is 6.59. The van der Waals surface area contributed by atoms with Crippen LogP contribution in [-0.4, -0.2) is 36.1 Å². The molecule has 4 amide bonds. The second kappa shape index (κ2) is 12.1. The zero-order valence-corrected chi connectivity index (χ0v) is 22.2. The maximum Gasteiger partial charge on any atom is 0.338 e. The van der Waals surface area contributed by atoms with Gasteiger partial charge in [0.05, 0.1) is 28.9 Å². The number of amides is 4. The Morgan fingerprint density at radius 3 is 2.56 bits per heavy atom. The first-order valence-electron chi connectivity index (χ1n) is 11.7. The number of carbonyl (C=O) groups excluding carboxylic acids is 3. The molecule has 1 unspecified atom stereocenters. The maximum absolute atomic E-state index is 13.1. The number of ether oxygens (including phenoxy) is 1. The highest BCUT2D eigenvalue weighted by atomic mass is 35.5. The van der Waals surface area contributed by atoms with Crippen LogP contribution in [0.5, 0.6) is 0 Å². The standard InChI is InChI=1S/C26H30Cl2N4O4/c1-5-11-32-16(4)22(24(33)36-14-15(2)3)23(31-26(32)35)17-7-6-8-19(12-17)29-25(34)30-21-10-9-18(27)13-20(21)28/h6-10,12-13,15,23H,5,11,14H2,1-4H3,(H,31,35)(H2,29,30,34). The number of anilines is 2. The lowest BCUT2D eigenvalue weighted by atomic mass is 9.94. The molecule has 1 heterocycles. The molecule has 0 saturated carbocycles. The van der Waals surface area contributed by atoms with Gasteiger partial charge in [0, 0.05) is 23.0 Å². The van der Waals surface area contributed by atoms with Gasteiger partial charge in [-0.15, -0.1) is 0 Å². The lowest BCUT2D eigenvalue weighted by molar-refractivity contribution is -0.140. The molecule has 0 aromatic heterocycles. The highest BCUT2D eigenvalue weighted by molar-refractivity contribution is 6.36. The predicted molar refractivity (Wildman–Crippen MR) is 142 cm³/mol. The van der Waals surface area contributed by atoms with Gasteiger partial charge >= 0.3 is 18.0 Å². The number of rotatable bonds is 8. The van der Waals surface area contributed by atoms with E-state index in [0.717, 1.165) is 6.42 Å². The topological polar surface area (TPSA) is 99.8 Å². The van der Waals surface area contributed by atoms with Crippen LogP contribution < -0.4 is 16.0 Å². The van der Waals surface area contributed by atoms with Crippen LogP contribution in [0.2, 0.25) is 10.0 Å². The van der Waals surface area contributed by atoms with Gasteiger partial charge in [-0.1, -0.05) is 56.1 Å². The normalized spacial score (nSPS) is 15.6. The number of nitrogens with zero attached hydrogens (tertiary/aromatic N) is 1. The summed E-state index contributed by atoms with van der Waals surface area (Å²) in [6.07, 6.45) is 0.732. The summed E-state index contributed by atoms with van der Waals surface area (Å²) in [6.45, 7) is 8.35. The van der Waals surface area contributed by atoms with Gasteiger partial charge in [-0.25, -0.2) is 14.4 Å². The van der Waals surface area contributed by atoms with E-state index in [-0.39, 0.29) is 18.6 Å². The molecule has 3 N–H and O–H groups in total. The summed E-state index contributed by atoms with van der Waals surface area (Å²) in [5.41, 5.74) is 2.40. The highest BCUT2D eigenvalue weighted by Gasteiger charge is 2.36. The molecule has 0 fully saturated rings. The van der Waals surface area contributed by atoms with E-state index < -0.39 is 18.0 Å². The zero-order valence-electron chi connectivity index (χ0n) is 20.7. The van der Waals surface area contributed by atoms with E-state index in [0.29, 0.717) is 44.8 Å². The third-order valence-corrected chi connectivity index (χ3v) is 6.02. The van der Waals surface area contributed by atoms with Crippen molar-refractivity contribution in [3.63, 3.8) is 0 Å². The van der Waals surface area contributed by atoms with Crippen LogP contribution >= 0.6 is 23.2 Å². The SMILES string of the molecule is CCCN1C(=O)NC(c2cccc(NC(=O)Nc3ccc(Cl)cc3Cl)c2)C(C(=O)OCC(C)C)=C1C. The Kier molecular flexibility index (Phi) is 9.23. The lowest BCUT2D eigenvalue weighted by Gasteiger charge is -2.35. The van der Waals surface area contributed by atoms with Crippen molar-refractivity contribution in [1.82, 2.24) is 10.2 Å². The number of benzene rings is 2. The minimum atomic E-state index is -0.735. The van der Waals surface area contributed by atoms with E-state index in [9.17, 15) is 14.4 Å². The molecule has 192 valence electrons. The van der Waals surface area contributed by atoms with Crippen molar-refractivity contribution < 1.29 is 19.1 Å². The molecule has 0 aliphatic carbocycles. The number of carbonyl (C=O) groups is 3. The Bertz CT molecular complexity index is 1180. The molecule has 0 bridgehead atoms. The van der Waals surface area contributed by atoms with E-state index in [1.54, 1.807) is 48.2 Å². The van der Waals surface area contributed by atoms with E-state index in [4.69, 9.17) is 27.9 Å². The Labute approximate surface area is 221 Å². The molecule has 2 aromatic rings. The van der Waals surface area contributed by atoms with Crippen molar-refractivity contribution in [3.8, 4) is 0 Å². The Morgan fingerprint density at radius 2 is 1.89 bits per heavy atom. The molecule has 0 spiro atoms. The molecule has 0 radical (unpaired) electrons. The number of hydrogen-bond acceptors (Lipinski definition) is 4. The Morgan fingerprint density at radius 1 is 1.14 bits per heavy atom. The highest BCUT2D eigenvalue weighted by Crippen LogP contribution is 2.33. The van der Waals surface area contributed by atoms with Crippen LogP contribution in [0.4, 0.5) is 21.0 Å². The van der Waals surface area contributed by atoms with Crippen LogP contribution in [0.1, 0.15) is 45.7 Å². The minimum Gasteiger partial charge on any atom is -0.462 e. The fourth-order valence-corrected chi connectivity index (χ4v) is 4.24. The van der Waals surface area contributed by atoms with Crippen LogP contribution in [0.3, 0.4) is 0 Å². The molecule has 1 aliphatic heterocycles. The molecule has 3 rings (SSSR count). The Hall–Kier alpha value is -3.23. The van der Waals surface area contributed by atoms with Crippen LogP contribution in [0.25, 0.3) is 0 Å². The van der Waals surface area contributed by atoms with Gasteiger partial charge < -0.3 is 20.7 Å². The summed E-state index contributed by atoms with van der Waals surface area (Å²) in [5, 5.41) is 9.10. The second-order valence-electron chi connectivity index (χ2n) is 8.85. The number of allylic oxidation sites excluding steroid dienone is 1. The fourth-order valence-electron chi connectivity index (χ4n) is 3.78. The molecule has 36 heavy (non-hydrogen) atoms. The van der Waals surface area contributed by atoms with E-state index >= 15 is 0 Å². The van der Waals surface area contributed by atoms with Crippen LogP contribution in [0, 0.1) is 5.92 Å². The number of esters is 1. The molecule has 8 nitrogen and oxygen atoms in total. The monoisotopic (exact) mass is 532 g/mol. The minimum absolute atomic E-state index is 0.165. The van der Waals surface area contributed by atoms with Gasteiger partial charge in [0.1, 0.15) is 0 Å². The van der Waals surface area contributed by atoms with E-state index in [1.165, 1.54) is 6.07 Å². The first-order valence-corrected chi connectivity index (χ1v) is 12.4. The molecule has 10 heteroatoms. The summed E-state index contributed by atoms with van der Waals surface area (Å²) in [4.78, 5) is 40.1. The molecule has 1 atom stereocenters. The van der Waals surface area contributed by atoms with Crippen molar-refractivity contribution in [1.29, 1.82) is 0 Å². The van der Waals surface area contributed by atoms with Gasteiger partial charge in [0.2, 0.25) is 0 Å². The first kappa shape index (κ1) is 27.4. The average molecular weight is 533 g/mol. The van der Waals surface area contributed by atoms with Crippen molar-refractivity contribution in [2.75, 3.05) is 23.8 Å². The molecule has 2 aromatic carbocycles. The zero-order chi connectivity index (χ0) is 26.4. The van der Waals surface area contributed by atoms with Crippen LogP contribution in [-0.2, 0) is 9.53 Å². The van der Waals surface area contributed by atoms with Gasteiger partial charge in [-0.2, -0.15) is 0 Å².